The molecule has 0 aliphatic carbocycles. The van der Waals surface area contributed by atoms with Gasteiger partial charge in [0.05, 0.1) is 0 Å². The number of likely N-dealkylation sites (tertiary alicyclic amines) is 2. The van der Waals surface area contributed by atoms with Crippen molar-refractivity contribution in [3.05, 3.63) is 0 Å². The summed E-state index contributed by atoms with van der Waals surface area (Å²) in [5.74, 6) is 1.62. The number of rotatable bonds is 8. The Hall–Kier alpha value is -0.0800. The Bertz CT molecular complexity index is 350. The van der Waals surface area contributed by atoms with Crippen LogP contribution in [0, 0.1) is 5.92 Å². The van der Waals surface area contributed by atoms with Crippen LogP contribution < -0.4 is 10.6 Å². The minimum atomic E-state index is 0. The maximum absolute atomic E-state index is 4.36. The van der Waals surface area contributed by atoms with Crippen LogP contribution in [0.25, 0.3) is 0 Å². The van der Waals surface area contributed by atoms with Crippen molar-refractivity contribution in [3.63, 3.8) is 0 Å². The lowest BCUT2D eigenvalue weighted by Crippen LogP contribution is -2.42. The maximum Gasteiger partial charge on any atom is 0.190 e. The first-order valence-corrected chi connectivity index (χ1v) is 10.2. The lowest BCUT2D eigenvalue weighted by molar-refractivity contribution is 0.281. The minimum absolute atomic E-state index is 0. The van der Waals surface area contributed by atoms with Gasteiger partial charge in [0.2, 0.25) is 0 Å². The second-order valence-corrected chi connectivity index (χ2v) is 7.60. The summed E-state index contributed by atoms with van der Waals surface area (Å²) in [4.78, 5) is 9.57. The third-order valence-corrected chi connectivity index (χ3v) is 5.25. The molecule has 0 saturated carbocycles. The molecule has 5 nitrogen and oxygen atoms in total. The van der Waals surface area contributed by atoms with Gasteiger partial charge in [-0.15, -0.1) is 24.0 Å². The fraction of sp³-hybridized carbons (Fsp3) is 0.947. The van der Waals surface area contributed by atoms with Crippen LogP contribution in [0.4, 0.5) is 0 Å². The van der Waals surface area contributed by atoms with Crippen LogP contribution in [0.1, 0.15) is 51.9 Å². The SMILES string of the molecule is CN=C(NCCCN1CCCCCC1)NCC(C)CN1CCCC1.I. The molecule has 0 aromatic rings. The quantitative estimate of drug-likeness (QED) is 0.251. The van der Waals surface area contributed by atoms with Crippen molar-refractivity contribution >= 4 is 29.9 Å². The van der Waals surface area contributed by atoms with E-state index < -0.39 is 0 Å². The Labute approximate surface area is 172 Å². The predicted molar refractivity (Wildman–Crippen MR) is 119 cm³/mol. The number of hydrogen-bond donors (Lipinski definition) is 2. The largest absolute Gasteiger partial charge is 0.356 e. The molecule has 0 radical (unpaired) electrons. The summed E-state index contributed by atoms with van der Waals surface area (Å²) in [6.07, 6.45) is 9.55. The molecule has 2 heterocycles. The molecule has 6 heteroatoms. The molecule has 0 bridgehead atoms. The van der Waals surface area contributed by atoms with Gasteiger partial charge >= 0.3 is 0 Å². The van der Waals surface area contributed by atoms with E-state index in [0.29, 0.717) is 5.92 Å². The van der Waals surface area contributed by atoms with Gasteiger partial charge < -0.3 is 20.4 Å². The van der Waals surface area contributed by atoms with E-state index in [1.165, 1.54) is 84.2 Å². The standard InChI is InChI=1S/C19H39N5.HI/c1-18(17-24-13-7-8-14-24)16-22-19(20-2)21-10-9-15-23-11-5-3-4-6-12-23;/h18H,3-17H2,1-2H3,(H2,20,21,22);1H. The number of halogens is 1. The summed E-state index contributed by atoms with van der Waals surface area (Å²) < 4.78 is 0. The molecule has 25 heavy (non-hydrogen) atoms. The van der Waals surface area contributed by atoms with E-state index in [2.05, 4.69) is 32.3 Å². The molecule has 2 aliphatic heterocycles. The van der Waals surface area contributed by atoms with Crippen molar-refractivity contribution in [2.75, 3.05) is 59.4 Å². The number of hydrogen-bond acceptors (Lipinski definition) is 3. The highest BCUT2D eigenvalue weighted by Gasteiger charge is 2.14. The van der Waals surface area contributed by atoms with Gasteiger partial charge in [-0.3, -0.25) is 4.99 Å². The lowest BCUT2D eigenvalue weighted by Gasteiger charge is -2.22. The van der Waals surface area contributed by atoms with Gasteiger partial charge in [-0.1, -0.05) is 19.8 Å². The van der Waals surface area contributed by atoms with Gasteiger partial charge in [-0.05, 0) is 70.7 Å². The molecule has 148 valence electrons. The average molecular weight is 465 g/mol. The summed E-state index contributed by atoms with van der Waals surface area (Å²) >= 11 is 0. The van der Waals surface area contributed by atoms with Crippen molar-refractivity contribution in [2.45, 2.75) is 51.9 Å². The first kappa shape index (κ1) is 23.0. The monoisotopic (exact) mass is 465 g/mol. The molecule has 2 rings (SSSR count). The molecule has 1 unspecified atom stereocenters. The fourth-order valence-corrected chi connectivity index (χ4v) is 3.83. The first-order valence-electron chi connectivity index (χ1n) is 10.2. The molecule has 2 N–H and O–H groups in total. The van der Waals surface area contributed by atoms with Gasteiger partial charge in [-0.25, -0.2) is 0 Å². The van der Waals surface area contributed by atoms with Crippen LogP contribution in [-0.2, 0) is 0 Å². The third kappa shape index (κ3) is 9.99. The zero-order chi connectivity index (χ0) is 17.0. The van der Waals surface area contributed by atoms with E-state index in [0.717, 1.165) is 19.0 Å². The summed E-state index contributed by atoms with van der Waals surface area (Å²) in [6.45, 7) is 11.9. The number of nitrogens with one attached hydrogen (secondary N) is 2. The molecule has 1 atom stereocenters. The Morgan fingerprint density at radius 1 is 0.920 bits per heavy atom. The summed E-state index contributed by atoms with van der Waals surface area (Å²) in [6, 6.07) is 0. The van der Waals surface area contributed by atoms with Gasteiger partial charge in [0.15, 0.2) is 5.96 Å². The molecule has 2 saturated heterocycles. The Morgan fingerprint density at radius 2 is 1.52 bits per heavy atom. The van der Waals surface area contributed by atoms with Crippen molar-refractivity contribution in [1.82, 2.24) is 20.4 Å². The Kier molecular flexibility index (Phi) is 12.9. The van der Waals surface area contributed by atoms with E-state index in [9.17, 15) is 0 Å². The first-order chi connectivity index (χ1) is 11.8. The highest BCUT2D eigenvalue weighted by molar-refractivity contribution is 14.0. The molecular formula is C19H40IN5. The number of guanidine groups is 1. The smallest absolute Gasteiger partial charge is 0.190 e. The summed E-state index contributed by atoms with van der Waals surface area (Å²) in [5, 5.41) is 6.96. The Morgan fingerprint density at radius 3 is 2.16 bits per heavy atom. The van der Waals surface area contributed by atoms with Crippen LogP contribution in [0.15, 0.2) is 4.99 Å². The summed E-state index contributed by atoms with van der Waals surface area (Å²) in [5.41, 5.74) is 0. The summed E-state index contributed by atoms with van der Waals surface area (Å²) in [7, 11) is 1.87. The van der Waals surface area contributed by atoms with E-state index in [1.54, 1.807) is 0 Å². The van der Waals surface area contributed by atoms with Crippen molar-refractivity contribution in [1.29, 1.82) is 0 Å². The maximum atomic E-state index is 4.36. The molecule has 2 aliphatic rings. The normalized spacial score (nSPS) is 21.4. The van der Waals surface area contributed by atoms with E-state index >= 15 is 0 Å². The van der Waals surface area contributed by atoms with Gasteiger partial charge in [0, 0.05) is 26.7 Å². The van der Waals surface area contributed by atoms with Crippen molar-refractivity contribution in [3.8, 4) is 0 Å². The van der Waals surface area contributed by atoms with Crippen LogP contribution in [0.3, 0.4) is 0 Å². The fourth-order valence-electron chi connectivity index (χ4n) is 3.83. The van der Waals surface area contributed by atoms with Crippen LogP contribution in [0.5, 0.6) is 0 Å². The van der Waals surface area contributed by atoms with Crippen molar-refractivity contribution < 1.29 is 0 Å². The highest BCUT2D eigenvalue weighted by atomic mass is 127. The molecular weight excluding hydrogens is 425 g/mol. The van der Waals surface area contributed by atoms with E-state index in [1.807, 2.05) is 7.05 Å². The molecule has 0 aromatic carbocycles. The molecule has 0 amide bonds. The molecule has 0 aromatic heterocycles. The van der Waals surface area contributed by atoms with Crippen LogP contribution in [-0.4, -0.2) is 75.2 Å². The van der Waals surface area contributed by atoms with E-state index in [4.69, 9.17) is 0 Å². The van der Waals surface area contributed by atoms with Crippen LogP contribution >= 0.6 is 24.0 Å². The zero-order valence-electron chi connectivity index (χ0n) is 16.4. The molecule has 0 spiro atoms. The van der Waals surface area contributed by atoms with Crippen LogP contribution in [0.2, 0.25) is 0 Å². The predicted octanol–water partition coefficient (Wildman–Crippen LogP) is 2.77. The van der Waals surface area contributed by atoms with Crippen molar-refractivity contribution in [2.24, 2.45) is 10.9 Å². The average Bonchev–Trinajstić information content (AvgIpc) is 2.95. The van der Waals surface area contributed by atoms with Gasteiger partial charge in [0.1, 0.15) is 0 Å². The second kappa shape index (κ2) is 14.0. The third-order valence-electron chi connectivity index (χ3n) is 5.25. The van der Waals surface area contributed by atoms with E-state index in [-0.39, 0.29) is 24.0 Å². The number of aliphatic imine (C=N–C) groups is 1. The minimum Gasteiger partial charge on any atom is -0.356 e. The highest BCUT2D eigenvalue weighted by Crippen LogP contribution is 2.10. The zero-order valence-corrected chi connectivity index (χ0v) is 18.8. The van der Waals surface area contributed by atoms with Gasteiger partial charge in [-0.2, -0.15) is 0 Å². The Balaban J connectivity index is 0.00000312. The molecule has 2 fully saturated rings. The van der Waals surface area contributed by atoms with Gasteiger partial charge in [0.25, 0.3) is 0 Å². The topological polar surface area (TPSA) is 42.9 Å². The number of nitrogens with zero attached hydrogens (tertiary/aromatic N) is 3. The second-order valence-electron chi connectivity index (χ2n) is 7.60. The lowest BCUT2D eigenvalue weighted by atomic mass is 10.1.